The molecule has 0 saturated carbocycles. The van der Waals surface area contributed by atoms with Crippen LogP contribution in [0.25, 0.3) is 0 Å². The Morgan fingerprint density at radius 2 is 1.92 bits per heavy atom. The maximum absolute atomic E-state index is 12.9. The highest BCUT2D eigenvalue weighted by atomic mass is 79.9. The minimum atomic E-state index is -0.0509. The van der Waals surface area contributed by atoms with Gasteiger partial charge in [0.2, 0.25) is 0 Å². The van der Waals surface area contributed by atoms with Crippen molar-refractivity contribution in [2.75, 3.05) is 32.8 Å². The average molecular weight is 413 g/mol. The summed E-state index contributed by atoms with van der Waals surface area (Å²) in [5, 5.41) is 0.800. The van der Waals surface area contributed by atoms with Gasteiger partial charge in [0, 0.05) is 36.9 Å². The fourth-order valence-electron chi connectivity index (χ4n) is 2.53. The minimum absolute atomic E-state index is 0.0509. The van der Waals surface area contributed by atoms with E-state index >= 15 is 0 Å². The highest BCUT2D eigenvalue weighted by Gasteiger charge is 2.23. The first-order valence-electron chi connectivity index (χ1n) is 8.60. The van der Waals surface area contributed by atoms with Gasteiger partial charge in [-0.15, -0.1) is 0 Å². The fourth-order valence-corrected chi connectivity index (χ4v) is 2.79. The van der Waals surface area contributed by atoms with Crippen molar-refractivity contribution < 1.29 is 19.0 Å². The third kappa shape index (κ3) is 7.20. The predicted octanol–water partition coefficient (Wildman–Crippen LogP) is 4.91. The van der Waals surface area contributed by atoms with E-state index < -0.39 is 0 Å². The largest absolute Gasteiger partial charge is 0.493 e. The van der Waals surface area contributed by atoms with Gasteiger partial charge in [-0.25, -0.2) is 0 Å². The number of halogens is 1. The molecule has 140 valence electrons. The van der Waals surface area contributed by atoms with Crippen LogP contribution < -0.4 is 9.47 Å². The van der Waals surface area contributed by atoms with Crippen LogP contribution >= 0.6 is 15.9 Å². The molecule has 0 aliphatic rings. The first-order valence-corrected chi connectivity index (χ1v) is 9.72. The number of allylic oxidation sites excluding steroid dienone is 2. The van der Waals surface area contributed by atoms with Gasteiger partial charge >= 0.3 is 0 Å². The van der Waals surface area contributed by atoms with Crippen LogP contribution in [0.4, 0.5) is 0 Å². The number of Topliss-reactive ketones (excluding diaryl/α,β-unsaturated/α-hetero) is 1. The Labute approximate surface area is 159 Å². The normalized spacial score (nSPS) is 12.6. The molecule has 0 amide bonds. The number of carbonyl (C=O) groups is 1. The third-order valence-corrected chi connectivity index (χ3v) is 4.36. The van der Waals surface area contributed by atoms with Crippen LogP contribution in [0.3, 0.4) is 0 Å². The summed E-state index contributed by atoms with van der Waals surface area (Å²) in [6.07, 6.45) is 5.60. The van der Waals surface area contributed by atoms with Gasteiger partial charge in [-0.1, -0.05) is 41.9 Å². The molecule has 0 fully saturated rings. The van der Waals surface area contributed by atoms with Gasteiger partial charge in [-0.3, -0.25) is 4.79 Å². The summed E-state index contributed by atoms with van der Waals surface area (Å²) >= 11 is 3.37. The van der Waals surface area contributed by atoms with E-state index in [1.165, 1.54) is 0 Å². The van der Waals surface area contributed by atoms with E-state index in [1.54, 1.807) is 26.4 Å². The number of benzene rings is 1. The summed E-state index contributed by atoms with van der Waals surface area (Å²) in [5.74, 6) is 1.58. The number of ketones is 1. The zero-order valence-corrected chi connectivity index (χ0v) is 17.2. The topological polar surface area (TPSA) is 44.8 Å². The van der Waals surface area contributed by atoms with Gasteiger partial charge in [-0.2, -0.15) is 0 Å². The monoisotopic (exact) mass is 412 g/mol. The number of ether oxygens (including phenoxy) is 3. The second-order valence-electron chi connectivity index (χ2n) is 6.14. The Bertz CT molecular complexity index is 555. The first-order chi connectivity index (χ1) is 12.0. The Morgan fingerprint density at radius 1 is 1.16 bits per heavy atom. The van der Waals surface area contributed by atoms with Crippen molar-refractivity contribution in [3.63, 3.8) is 0 Å². The van der Waals surface area contributed by atoms with E-state index in [2.05, 4.69) is 35.9 Å². The molecule has 1 rings (SSSR count). The molecule has 1 aromatic carbocycles. The van der Waals surface area contributed by atoms with Gasteiger partial charge in [0.25, 0.3) is 0 Å². The number of alkyl halides is 1. The van der Waals surface area contributed by atoms with Crippen molar-refractivity contribution in [2.45, 2.75) is 26.7 Å². The van der Waals surface area contributed by atoms with E-state index in [-0.39, 0.29) is 17.6 Å². The van der Waals surface area contributed by atoms with Crippen LogP contribution in [-0.4, -0.2) is 38.5 Å². The van der Waals surface area contributed by atoms with Crippen LogP contribution in [0.2, 0.25) is 0 Å². The van der Waals surface area contributed by atoms with Gasteiger partial charge in [-0.05, 0) is 30.5 Å². The molecule has 0 heterocycles. The second-order valence-corrected chi connectivity index (χ2v) is 6.78. The molecule has 25 heavy (non-hydrogen) atoms. The molecule has 0 aliphatic heterocycles. The van der Waals surface area contributed by atoms with Crippen LogP contribution in [-0.2, 0) is 4.74 Å². The van der Waals surface area contributed by atoms with E-state index in [4.69, 9.17) is 14.2 Å². The first kappa shape index (κ1) is 21.7. The summed E-state index contributed by atoms with van der Waals surface area (Å²) in [7, 11) is 3.26. The molecule has 4 nitrogen and oxygen atoms in total. The maximum Gasteiger partial charge on any atom is 0.166 e. The van der Waals surface area contributed by atoms with Gasteiger partial charge in [0.15, 0.2) is 17.3 Å². The predicted molar refractivity (Wildman–Crippen MR) is 105 cm³/mol. The summed E-state index contributed by atoms with van der Waals surface area (Å²) in [6, 6.07) is 5.40. The molecule has 5 heteroatoms. The summed E-state index contributed by atoms with van der Waals surface area (Å²) in [6.45, 7) is 5.31. The number of methoxy groups -OCH3 is 2. The average Bonchev–Trinajstić information content (AvgIpc) is 2.61. The van der Waals surface area contributed by atoms with Crippen molar-refractivity contribution >= 4 is 21.7 Å². The smallest absolute Gasteiger partial charge is 0.166 e. The molecular formula is C20H29BrO4. The van der Waals surface area contributed by atoms with Crippen LogP contribution in [0.5, 0.6) is 11.5 Å². The lowest BCUT2D eigenvalue weighted by Gasteiger charge is -2.19. The van der Waals surface area contributed by atoms with Crippen molar-refractivity contribution in [1.29, 1.82) is 0 Å². The minimum Gasteiger partial charge on any atom is -0.493 e. The Hall–Kier alpha value is -1.33. The van der Waals surface area contributed by atoms with E-state index in [0.29, 0.717) is 30.3 Å². The lowest BCUT2D eigenvalue weighted by Crippen LogP contribution is -2.20. The molecule has 0 saturated heterocycles. The molecular weight excluding hydrogens is 384 g/mol. The second kappa shape index (κ2) is 12.1. The molecule has 0 radical (unpaired) electrons. The Kier molecular flexibility index (Phi) is 10.5. The zero-order valence-electron chi connectivity index (χ0n) is 15.6. The molecule has 0 N–H and O–H groups in total. The van der Waals surface area contributed by atoms with Crippen LogP contribution in [0, 0.1) is 11.8 Å². The molecule has 1 unspecified atom stereocenters. The van der Waals surface area contributed by atoms with E-state index in [0.717, 1.165) is 18.2 Å². The van der Waals surface area contributed by atoms with E-state index in [9.17, 15) is 4.79 Å². The van der Waals surface area contributed by atoms with Gasteiger partial charge < -0.3 is 14.2 Å². The summed E-state index contributed by atoms with van der Waals surface area (Å²) in [4.78, 5) is 12.9. The number of hydrogen-bond donors (Lipinski definition) is 0. The lowest BCUT2D eigenvalue weighted by atomic mass is 9.85. The quantitative estimate of drug-likeness (QED) is 0.212. The fraction of sp³-hybridized carbons (Fsp3) is 0.550. The molecule has 0 aromatic heterocycles. The Morgan fingerprint density at radius 3 is 2.52 bits per heavy atom. The summed E-state index contributed by atoms with van der Waals surface area (Å²) in [5.41, 5.74) is 0.661. The molecule has 0 bridgehead atoms. The molecule has 1 atom stereocenters. The van der Waals surface area contributed by atoms with Crippen LogP contribution in [0.1, 0.15) is 37.0 Å². The van der Waals surface area contributed by atoms with Crippen LogP contribution in [0.15, 0.2) is 30.4 Å². The highest BCUT2D eigenvalue weighted by Crippen LogP contribution is 2.31. The van der Waals surface area contributed by atoms with Crippen molar-refractivity contribution in [1.82, 2.24) is 0 Å². The third-order valence-electron chi connectivity index (χ3n) is 3.99. The van der Waals surface area contributed by atoms with Gasteiger partial charge in [0.1, 0.15) is 0 Å². The Balaban J connectivity index is 2.93. The summed E-state index contributed by atoms with van der Waals surface area (Å²) < 4.78 is 16.2. The number of hydrogen-bond acceptors (Lipinski definition) is 4. The highest BCUT2D eigenvalue weighted by molar-refractivity contribution is 9.09. The van der Waals surface area contributed by atoms with Gasteiger partial charge in [0.05, 0.1) is 13.7 Å². The SMILES string of the molecule is COCCCOc1cc(C(=O)C(CC=CCBr)C(C)C)ccc1OC. The molecule has 0 spiro atoms. The van der Waals surface area contributed by atoms with E-state index in [1.807, 2.05) is 12.1 Å². The standard InChI is InChI=1S/C20H29BrO4/c1-15(2)17(8-5-6-11-21)20(22)16-9-10-18(24-4)19(14-16)25-13-7-12-23-3/h5-6,9-10,14-15,17H,7-8,11-13H2,1-4H3. The van der Waals surface area contributed by atoms with Crippen molar-refractivity contribution in [3.05, 3.63) is 35.9 Å². The number of rotatable bonds is 12. The van der Waals surface area contributed by atoms with Crippen molar-refractivity contribution in [3.8, 4) is 11.5 Å². The molecule has 1 aromatic rings. The van der Waals surface area contributed by atoms with Crippen molar-refractivity contribution in [2.24, 2.45) is 11.8 Å². The number of carbonyl (C=O) groups excluding carboxylic acids is 1. The maximum atomic E-state index is 12.9. The zero-order chi connectivity index (χ0) is 18.7. The molecule has 0 aliphatic carbocycles. The lowest BCUT2D eigenvalue weighted by molar-refractivity contribution is 0.0886.